The van der Waals surface area contributed by atoms with Crippen molar-refractivity contribution in [3.8, 4) is 0 Å². The van der Waals surface area contributed by atoms with Gasteiger partial charge in [-0.15, -0.1) is 0 Å². The molecule has 1 aromatic rings. The van der Waals surface area contributed by atoms with Gasteiger partial charge in [-0.3, -0.25) is 14.5 Å². The van der Waals surface area contributed by atoms with Crippen molar-refractivity contribution in [3.05, 3.63) is 0 Å². The lowest BCUT2D eigenvalue weighted by Crippen LogP contribution is -2.46. The first-order chi connectivity index (χ1) is 10.2. The zero-order valence-corrected chi connectivity index (χ0v) is 13.9. The molecule has 1 aromatic heterocycles. The van der Waals surface area contributed by atoms with E-state index in [0.29, 0.717) is 36.4 Å². The summed E-state index contributed by atoms with van der Waals surface area (Å²) in [5, 5.41) is 0. The Morgan fingerprint density at radius 1 is 0.909 bits per heavy atom. The molecule has 0 aliphatic carbocycles. The van der Waals surface area contributed by atoms with Gasteiger partial charge in [0.25, 0.3) is 0 Å². The first kappa shape index (κ1) is 16.0. The lowest BCUT2D eigenvalue weighted by molar-refractivity contribution is -0.118. The molecule has 8 heteroatoms. The molecular formula is C14H22N6O2. The minimum Gasteiger partial charge on any atom is -0.361 e. The molecule has 0 unspecified atom stereocenters. The predicted octanol–water partition coefficient (Wildman–Crippen LogP) is 0.328. The Morgan fingerprint density at radius 3 is 1.91 bits per heavy atom. The van der Waals surface area contributed by atoms with Crippen molar-refractivity contribution in [2.24, 2.45) is 0 Å². The summed E-state index contributed by atoms with van der Waals surface area (Å²) < 4.78 is 0. The van der Waals surface area contributed by atoms with Crippen molar-refractivity contribution < 1.29 is 9.59 Å². The molecule has 0 saturated carbocycles. The van der Waals surface area contributed by atoms with E-state index < -0.39 is 0 Å². The Morgan fingerprint density at radius 2 is 1.45 bits per heavy atom. The molecule has 120 valence electrons. The zero-order valence-electron chi connectivity index (χ0n) is 13.9. The van der Waals surface area contributed by atoms with Crippen molar-refractivity contribution in [1.29, 1.82) is 0 Å². The number of carbonyl (C=O) groups excluding carboxylic acids is 2. The number of amides is 2. The van der Waals surface area contributed by atoms with Gasteiger partial charge in [-0.2, -0.15) is 9.97 Å². The van der Waals surface area contributed by atoms with E-state index in [2.05, 4.69) is 9.97 Å². The fourth-order valence-electron chi connectivity index (χ4n) is 2.40. The molecule has 0 saturated heterocycles. The molecule has 0 radical (unpaired) electrons. The Balaban J connectivity index is 2.75. The average Bonchev–Trinajstić information content (AvgIpc) is 2.43. The zero-order chi connectivity index (χ0) is 16.6. The SMILES string of the molecule is CC(=O)N1CCN(C(C)=O)c2c(N(C)C)nc(N(C)C)nc21. The van der Waals surface area contributed by atoms with Crippen LogP contribution in [-0.4, -0.2) is 63.1 Å². The summed E-state index contributed by atoms with van der Waals surface area (Å²) in [7, 11) is 7.38. The fraction of sp³-hybridized carbons (Fsp3) is 0.571. The molecule has 2 rings (SSSR count). The predicted molar refractivity (Wildman–Crippen MR) is 86.7 cm³/mol. The highest BCUT2D eigenvalue weighted by molar-refractivity contribution is 6.05. The molecule has 0 bridgehead atoms. The fourth-order valence-corrected chi connectivity index (χ4v) is 2.40. The summed E-state index contributed by atoms with van der Waals surface area (Å²) >= 11 is 0. The van der Waals surface area contributed by atoms with Crippen LogP contribution >= 0.6 is 0 Å². The molecule has 8 nitrogen and oxygen atoms in total. The van der Waals surface area contributed by atoms with Crippen LogP contribution in [-0.2, 0) is 9.59 Å². The highest BCUT2D eigenvalue weighted by Gasteiger charge is 2.33. The molecule has 2 amide bonds. The number of fused-ring (bicyclic) bond motifs is 1. The van der Waals surface area contributed by atoms with Crippen LogP contribution in [0.3, 0.4) is 0 Å². The molecule has 0 N–H and O–H groups in total. The van der Waals surface area contributed by atoms with Crippen molar-refractivity contribution >= 4 is 35.1 Å². The van der Waals surface area contributed by atoms with Crippen molar-refractivity contribution in [2.75, 3.05) is 60.9 Å². The minimum absolute atomic E-state index is 0.0891. The molecule has 22 heavy (non-hydrogen) atoms. The van der Waals surface area contributed by atoms with E-state index in [1.165, 1.54) is 13.8 Å². The Hall–Kier alpha value is -2.38. The average molecular weight is 306 g/mol. The summed E-state index contributed by atoms with van der Waals surface area (Å²) in [6.07, 6.45) is 0. The normalized spacial score (nSPS) is 13.7. The number of rotatable bonds is 2. The molecule has 2 heterocycles. The molecule has 0 spiro atoms. The van der Waals surface area contributed by atoms with Gasteiger partial charge in [-0.1, -0.05) is 0 Å². The second-order valence-corrected chi connectivity index (χ2v) is 5.65. The topological polar surface area (TPSA) is 72.9 Å². The summed E-state index contributed by atoms with van der Waals surface area (Å²) in [6.45, 7) is 3.87. The van der Waals surface area contributed by atoms with Crippen molar-refractivity contribution in [3.63, 3.8) is 0 Å². The van der Waals surface area contributed by atoms with Crippen LogP contribution in [0.2, 0.25) is 0 Å². The van der Waals surface area contributed by atoms with E-state index in [9.17, 15) is 9.59 Å². The van der Waals surface area contributed by atoms with Crippen molar-refractivity contribution in [1.82, 2.24) is 9.97 Å². The molecule has 0 atom stereocenters. The van der Waals surface area contributed by atoms with E-state index in [-0.39, 0.29) is 11.8 Å². The number of hydrogen-bond acceptors (Lipinski definition) is 6. The first-order valence-corrected chi connectivity index (χ1v) is 7.07. The third-order valence-electron chi connectivity index (χ3n) is 3.49. The summed E-state index contributed by atoms with van der Waals surface area (Å²) in [4.78, 5) is 39.7. The van der Waals surface area contributed by atoms with E-state index in [1.807, 2.05) is 33.1 Å². The first-order valence-electron chi connectivity index (χ1n) is 7.07. The lowest BCUT2D eigenvalue weighted by Gasteiger charge is -2.37. The lowest BCUT2D eigenvalue weighted by atomic mass is 10.2. The quantitative estimate of drug-likeness (QED) is 0.784. The Kier molecular flexibility index (Phi) is 4.20. The monoisotopic (exact) mass is 306 g/mol. The van der Waals surface area contributed by atoms with E-state index >= 15 is 0 Å². The summed E-state index contributed by atoms with van der Waals surface area (Å²) in [6, 6.07) is 0. The smallest absolute Gasteiger partial charge is 0.228 e. The van der Waals surface area contributed by atoms with Gasteiger partial charge < -0.3 is 14.7 Å². The standard InChI is InChI=1S/C14H22N6O2/c1-9(21)19-7-8-20(10(2)22)13-11(19)12(17(3)4)15-14(16-13)18(5)6/h7-8H2,1-6H3. The van der Waals surface area contributed by atoms with Gasteiger partial charge in [-0.25, -0.2) is 0 Å². The third-order valence-corrected chi connectivity index (χ3v) is 3.49. The molecular weight excluding hydrogens is 284 g/mol. The van der Waals surface area contributed by atoms with Gasteiger partial charge in [0.15, 0.2) is 11.6 Å². The Bertz CT molecular complexity index is 614. The van der Waals surface area contributed by atoms with Crippen LogP contribution in [0.1, 0.15) is 13.8 Å². The third kappa shape index (κ3) is 2.68. The number of anilines is 4. The van der Waals surface area contributed by atoms with Gasteiger partial charge in [0.1, 0.15) is 5.69 Å². The Labute approximate surface area is 130 Å². The largest absolute Gasteiger partial charge is 0.361 e. The van der Waals surface area contributed by atoms with Gasteiger partial charge in [0.05, 0.1) is 0 Å². The second-order valence-electron chi connectivity index (χ2n) is 5.65. The van der Waals surface area contributed by atoms with Crippen LogP contribution in [0.5, 0.6) is 0 Å². The van der Waals surface area contributed by atoms with Crippen LogP contribution in [0.15, 0.2) is 0 Å². The molecule has 0 fully saturated rings. The van der Waals surface area contributed by atoms with Gasteiger partial charge >= 0.3 is 0 Å². The summed E-state index contributed by atoms with van der Waals surface area (Å²) in [5.41, 5.74) is 0.588. The molecule has 0 aromatic carbocycles. The number of carbonyl (C=O) groups is 2. The second kappa shape index (κ2) is 5.78. The van der Waals surface area contributed by atoms with Crippen LogP contribution < -0.4 is 19.6 Å². The number of aromatic nitrogens is 2. The maximum absolute atomic E-state index is 12.0. The molecule has 1 aliphatic rings. The van der Waals surface area contributed by atoms with Crippen LogP contribution in [0.4, 0.5) is 23.3 Å². The van der Waals surface area contributed by atoms with Gasteiger partial charge in [0, 0.05) is 55.1 Å². The highest BCUT2D eigenvalue weighted by atomic mass is 16.2. The van der Waals surface area contributed by atoms with E-state index in [4.69, 9.17) is 0 Å². The van der Waals surface area contributed by atoms with E-state index in [1.54, 1.807) is 14.7 Å². The van der Waals surface area contributed by atoms with E-state index in [0.717, 1.165) is 0 Å². The van der Waals surface area contributed by atoms with Crippen molar-refractivity contribution in [2.45, 2.75) is 13.8 Å². The minimum atomic E-state index is -0.0995. The highest BCUT2D eigenvalue weighted by Crippen LogP contribution is 2.39. The molecule has 1 aliphatic heterocycles. The van der Waals surface area contributed by atoms with Gasteiger partial charge in [0.2, 0.25) is 17.8 Å². The number of hydrogen-bond donors (Lipinski definition) is 0. The van der Waals surface area contributed by atoms with Crippen LogP contribution in [0, 0.1) is 0 Å². The summed E-state index contributed by atoms with van der Waals surface area (Å²) in [5.74, 6) is 1.41. The maximum Gasteiger partial charge on any atom is 0.228 e. The van der Waals surface area contributed by atoms with Crippen LogP contribution in [0.25, 0.3) is 0 Å². The maximum atomic E-state index is 12.0. The van der Waals surface area contributed by atoms with Gasteiger partial charge in [-0.05, 0) is 0 Å². The number of nitrogens with zero attached hydrogens (tertiary/aromatic N) is 6.